The van der Waals surface area contributed by atoms with Gasteiger partial charge in [0.05, 0.1) is 7.11 Å². The highest BCUT2D eigenvalue weighted by atomic mass is 19.1. The van der Waals surface area contributed by atoms with Gasteiger partial charge in [-0.2, -0.15) is 0 Å². The molecule has 1 amide bonds. The minimum Gasteiger partial charge on any atom is -0.497 e. The molecule has 1 heterocycles. The van der Waals surface area contributed by atoms with Crippen LogP contribution in [0.15, 0.2) is 60.8 Å². The van der Waals surface area contributed by atoms with Crippen LogP contribution in [0.2, 0.25) is 0 Å². The van der Waals surface area contributed by atoms with Gasteiger partial charge in [0.15, 0.2) is 0 Å². The molecule has 0 aliphatic rings. The number of aromatic nitrogens is 2. The quantitative estimate of drug-likeness (QED) is 0.671. The minimum absolute atomic E-state index is 0.250. The van der Waals surface area contributed by atoms with Gasteiger partial charge in [0.1, 0.15) is 17.3 Å². The molecule has 6 nitrogen and oxygen atoms in total. The molecule has 0 radical (unpaired) electrons. The molecule has 0 saturated heterocycles. The van der Waals surface area contributed by atoms with Gasteiger partial charge in [-0.1, -0.05) is 12.1 Å². The van der Waals surface area contributed by atoms with Crippen molar-refractivity contribution in [2.75, 3.05) is 19.0 Å². The van der Waals surface area contributed by atoms with Crippen LogP contribution in [-0.2, 0) is 6.42 Å². The average molecular weight is 366 g/mol. The van der Waals surface area contributed by atoms with Gasteiger partial charge in [0.25, 0.3) is 5.91 Å². The first-order valence-electron chi connectivity index (χ1n) is 8.41. The van der Waals surface area contributed by atoms with E-state index in [0.717, 1.165) is 11.3 Å². The summed E-state index contributed by atoms with van der Waals surface area (Å²) in [5, 5.41) is 5.77. The molecule has 2 aromatic carbocycles. The number of carbonyl (C=O) groups excluding carboxylic acids is 1. The third-order valence-corrected chi connectivity index (χ3v) is 3.82. The van der Waals surface area contributed by atoms with Gasteiger partial charge in [-0.05, 0) is 54.4 Å². The zero-order valence-electron chi connectivity index (χ0n) is 14.8. The van der Waals surface area contributed by atoms with E-state index in [1.807, 2.05) is 24.3 Å². The van der Waals surface area contributed by atoms with Crippen LogP contribution >= 0.6 is 0 Å². The van der Waals surface area contributed by atoms with Crippen molar-refractivity contribution in [3.63, 3.8) is 0 Å². The number of anilines is 2. The molecule has 138 valence electrons. The summed E-state index contributed by atoms with van der Waals surface area (Å²) in [7, 11) is 1.62. The smallest absolute Gasteiger partial charge is 0.270 e. The summed E-state index contributed by atoms with van der Waals surface area (Å²) >= 11 is 0. The molecule has 1 aromatic heterocycles. The Morgan fingerprint density at radius 3 is 2.74 bits per heavy atom. The Morgan fingerprint density at radius 2 is 1.96 bits per heavy atom. The van der Waals surface area contributed by atoms with E-state index in [4.69, 9.17) is 4.74 Å². The number of benzene rings is 2. The van der Waals surface area contributed by atoms with E-state index in [1.165, 1.54) is 24.4 Å². The van der Waals surface area contributed by atoms with Gasteiger partial charge in [-0.25, -0.2) is 14.4 Å². The Bertz CT molecular complexity index is 916. The molecular formula is C20H19FN4O2. The maximum absolute atomic E-state index is 13.0. The van der Waals surface area contributed by atoms with Crippen LogP contribution in [0.4, 0.5) is 16.0 Å². The number of carbonyl (C=O) groups is 1. The number of rotatable bonds is 7. The van der Waals surface area contributed by atoms with E-state index < -0.39 is 0 Å². The maximum atomic E-state index is 13.0. The van der Waals surface area contributed by atoms with Crippen LogP contribution in [0.1, 0.15) is 16.1 Å². The van der Waals surface area contributed by atoms with Crippen LogP contribution in [0, 0.1) is 5.82 Å². The fourth-order valence-electron chi connectivity index (χ4n) is 2.45. The second-order valence-electron chi connectivity index (χ2n) is 5.75. The number of nitrogens with zero attached hydrogens (tertiary/aromatic N) is 2. The molecule has 0 atom stereocenters. The number of hydrogen-bond donors (Lipinski definition) is 2. The normalized spacial score (nSPS) is 10.3. The maximum Gasteiger partial charge on any atom is 0.270 e. The summed E-state index contributed by atoms with van der Waals surface area (Å²) in [4.78, 5) is 20.6. The van der Waals surface area contributed by atoms with E-state index in [9.17, 15) is 9.18 Å². The van der Waals surface area contributed by atoms with Crippen molar-refractivity contribution in [3.8, 4) is 5.75 Å². The van der Waals surface area contributed by atoms with E-state index >= 15 is 0 Å². The monoisotopic (exact) mass is 366 g/mol. The van der Waals surface area contributed by atoms with Crippen molar-refractivity contribution in [1.29, 1.82) is 0 Å². The van der Waals surface area contributed by atoms with E-state index in [-0.39, 0.29) is 23.4 Å². The molecule has 3 aromatic rings. The highest BCUT2D eigenvalue weighted by molar-refractivity contribution is 5.92. The summed E-state index contributed by atoms with van der Waals surface area (Å²) in [5.74, 6) is 0.432. The van der Waals surface area contributed by atoms with Crippen molar-refractivity contribution in [3.05, 3.63) is 77.9 Å². The molecule has 3 rings (SSSR count). The van der Waals surface area contributed by atoms with Crippen molar-refractivity contribution in [2.24, 2.45) is 0 Å². The summed E-state index contributed by atoms with van der Waals surface area (Å²) in [6.07, 6.45) is 2.17. The van der Waals surface area contributed by atoms with Crippen molar-refractivity contribution < 1.29 is 13.9 Å². The Labute approximate surface area is 156 Å². The summed E-state index contributed by atoms with van der Waals surface area (Å²) < 4.78 is 18.1. The summed E-state index contributed by atoms with van der Waals surface area (Å²) in [5.41, 5.74) is 1.95. The van der Waals surface area contributed by atoms with E-state index in [1.54, 1.807) is 19.2 Å². The van der Waals surface area contributed by atoms with Gasteiger partial charge in [0, 0.05) is 18.4 Å². The number of methoxy groups -OCH3 is 1. The Balaban J connectivity index is 1.57. The number of nitrogens with one attached hydrogen (secondary N) is 2. The van der Waals surface area contributed by atoms with Gasteiger partial charge in [-0.3, -0.25) is 4.79 Å². The first-order chi connectivity index (χ1) is 13.1. The molecule has 7 heteroatoms. The highest BCUT2D eigenvalue weighted by Gasteiger charge is 2.09. The first-order valence-corrected chi connectivity index (χ1v) is 8.41. The molecule has 0 aliphatic heterocycles. The predicted molar refractivity (Wildman–Crippen MR) is 101 cm³/mol. The Hall–Kier alpha value is -3.48. The van der Waals surface area contributed by atoms with Crippen LogP contribution < -0.4 is 15.4 Å². The fraction of sp³-hybridized carbons (Fsp3) is 0.150. The lowest BCUT2D eigenvalue weighted by atomic mass is 10.1. The summed E-state index contributed by atoms with van der Waals surface area (Å²) in [6, 6.07) is 15.0. The number of amides is 1. The van der Waals surface area contributed by atoms with Crippen LogP contribution in [-0.4, -0.2) is 29.5 Å². The zero-order valence-corrected chi connectivity index (χ0v) is 14.8. The highest BCUT2D eigenvalue weighted by Crippen LogP contribution is 2.14. The number of ether oxygens (including phenoxy) is 1. The lowest BCUT2D eigenvalue weighted by Crippen LogP contribution is -2.26. The lowest BCUT2D eigenvalue weighted by molar-refractivity contribution is 0.0949. The molecule has 0 aliphatic carbocycles. The molecule has 0 saturated carbocycles. The third kappa shape index (κ3) is 5.24. The summed E-state index contributed by atoms with van der Waals surface area (Å²) in [6.45, 7) is 0.469. The van der Waals surface area contributed by atoms with Crippen LogP contribution in [0.3, 0.4) is 0 Å². The van der Waals surface area contributed by atoms with Gasteiger partial charge in [-0.15, -0.1) is 0 Å². The lowest BCUT2D eigenvalue weighted by Gasteiger charge is -2.08. The van der Waals surface area contributed by atoms with Crippen molar-refractivity contribution in [2.45, 2.75) is 6.42 Å². The number of hydrogen-bond acceptors (Lipinski definition) is 5. The third-order valence-electron chi connectivity index (χ3n) is 3.82. The molecule has 0 bridgehead atoms. The molecular weight excluding hydrogens is 347 g/mol. The topological polar surface area (TPSA) is 76.1 Å². The van der Waals surface area contributed by atoms with Crippen molar-refractivity contribution in [1.82, 2.24) is 15.3 Å². The minimum atomic E-state index is -0.328. The Kier molecular flexibility index (Phi) is 5.94. The first kappa shape index (κ1) is 18.3. The standard InChI is InChI=1S/C20H19FN4O2/c1-27-17-4-2-3-14(13-17)9-11-22-19(26)18-10-12-23-20(25-18)24-16-7-5-15(21)6-8-16/h2-8,10,12-13H,9,11H2,1H3,(H,22,26)(H,23,24,25). The van der Waals surface area contributed by atoms with Gasteiger partial charge < -0.3 is 15.4 Å². The second kappa shape index (κ2) is 8.75. The SMILES string of the molecule is COc1cccc(CCNC(=O)c2ccnc(Nc3ccc(F)cc3)n2)c1. The molecule has 2 N–H and O–H groups in total. The Morgan fingerprint density at radius 1 is 1.15 bits per heavy atom. The van der Waals surface area contributed by atoms with E-state index in [0.29, 0.717) is 18.7 Å². The molecule has 0 fully saturated rings. The molecule has 0 unspecified atom stereocenters. The van der Waals surface area contributed by atoms with Crippen LogP contribution in [0.25, 0.3) is 0 Å². The van der Waals surface area contributed by atoms with Crippen LogP contribution in [0.5, 0.6) is 5.75 Å². The van der Waals surface area contributed by atoms with Gasteiger partial charge in [0.2, 0.25) is 5.95 Å². The predicted octanol–water partition coefficient (Wildman–Crippen LogP) is 3.34. The van der Waals surface area contributed by atoms with Crippen molar-refractivity contribution >= 4 is 17.5 Å². The molecule has 0 spiro atoms. The largest absolute Gasteiger partial charge is 0.497 e. The average Bonchev–Trinajstić information content (AvgIpc) is 2.70. The van der Waals surface area contributed by atoms with E-state index in [2.05, 4.69) is 20.6 Å². The van der Waals surface area contributed by atoms with Gasteiger partial charge >= 0.3 is 0 Å². The number of halogens is 1. The zero-order chi connectivity index (χ0) is 19.1. The fourth-order valence-corrected chi connectivity index (χ4v) is 2.45. The molecule has 27 heavy (non-hydrogen) atoms. The second-order valence-corrected chi connectivity index (χ2v) is 5.75.